The summed E-state index contributed by atoms with van der Waals surface area (Å²) in [7, 11) is -3.21. The molecule has 1 aromatic carbocycles. The zero-order chi connectivity index (χ0) is 14.2. The lowest BCUT2D eigenvalue weighted by atomic mass is 9.98. The van der Waals surface area contributed by atoms with Crippen LogP contribution in [-0.2, 0) is 14.8 Å². The molecule has 0 bridgehead atoms. The van der Waals surface area contributed by atoms with E-state index >= 15 is 0 Å². The van der Waals surface area contributed by atoms with E-state index in [9.17, 15) is 8.42 Å². The molecular formula is C14H18ClNO3S. The second-order valence-corrected chi connectivity index (χ2v) is 7.93. The first kappa shape index (κ1) is 14.3. The van der Waals surface area contributed by atoms with Gasteiger partial charge in [-0.25, -0.2) is 8.42 Å². The Morgan fingerprint density at radius 2 is 1.75 bits per heavy atom. The summed E-state index contributed by atoms with van der Waals surface area (Å²) in [4.78, 5) is 0. The van der Waals surface area contributed by atoms with Gasteiger partial charge in [0.25, 0.3) is 0 Å². The third kappa shape index (κ3) is 2.60. The number of ether oxygens (including phenoxy) is 1. The van der Waals surface area contributed by atoms with Crippen LogP contribution in [0.25, 0.3) is 0 Å². The molecule has 3 rings (SSSR count). The topological polar surface area (TPSA) is 46.6 Å². The summed E-state index contributed by atoms with van der Waals surface area (Å²) in [6.07, 6.45) is 2.09. The maximum Gasteiger partial charge on any atom is 0.217 e. The zero-order valence-corrected chi connectivity index (χ0v) is 12.7. The zero-order valence-electron chi connectivity index (χ0n) is 11.2. The van der Waals surface area contributed by atoms with Crippen LogP contribution in [0.3, 0.4) is 0 Å². The molecule has 2 fully saturated rings. The number of hydrogen-bond donors (Lipinski definition) is 0. The standard InChI is InChI=1S/C14H18ClNO3S/c15-12-3-1-11(2-4-12)14-5-8-16(14)20(17,18)13-6-9-19-10-7-13/h1-4,13-14H,5-10H2. The lowest BCUT2D eigenvalue weighted by Gasteiger charge is -2.42. The molecule has 0 N–H and O–H groups in total. The fourth-order valence-corrected chi connectivity index (χ4v) is 5.09. The van der Waals surface area contributed by atoms with Gasteiger partial charge in [0, 0.05) is 24.8 Å². The van der Waals surface area contributed by atoms with E-state index < -0.39 is 10.0 Å². The van der Waals surface area contributed by atoms with Gasteiger partial charge in [-0.05, 0) is 37.0 Å². The maximum absolute atomic E-state index is 12.7. The Morgan fingerprint density at radius 1 is 1.10 bits per heavy atom. The smallest absolute Gasteiger partial charge is 0.217 e. The van der Waals surface area contributed by atoms with Crippen molar-refractivity contribution >= 4 is 21.6 Å². The minimum Gasteiger partial charge on any atom is -0.381 e. The van der Waals surface area contributed by atoms with Crippen LogP contribution in [0.2, 0.25) is 5.02 Å². The molecule has 2 saturated heterocycles. The first-order valence-electron chi connectivity index (χ1n) is 6.93. The molecule has 2 aliphatic heterocycles. The summed E-state index contributed by atoms with van der Waals surface area (Å²) >= 11 is 5.88. The summed E-state index contributed by atoms with van der Waals surface area (Å²) in [6, 6.07) is 7.43. The van der Waals surface area contributed by atoms with Crippen molar-refractivity contribution in [2.24, 2.45) is 0 Å². The third-order valence-electron chi connectivity index (χ3n) is 4.14. The van der Waals surface area contributed by atoms with Crippen LogP contribution in [-0.4, -0.2) is 37.7 Å². The Morgan fingerprint density at radius 3 is 2.30 bits per heavy atom. The SMILES string of the molecule is O=S(=O)(C1CCOCC1)N1CCC1c1ccc(Cl)cc1. The van der Waals surface area contributed by atoms with Crippen LogP contribution in [0.4, 0.5) is 0 Å². The normalized spacial score (nSPS) is 25.4. The minimum absolute atomic E-state index is 0.0277. The number of benzene rings is 1. The Labute approximate surface area is 124 Å². The summed E-state index contributed by atoms with van der Waals surface area (Å²) in [6.45, 7) is 1.71. The van der Waals surface area contributed by atoms with Crippen LogP contribution in [0.5, 0.6) is 0 Å². The monoisotopic (exact) mass is 315 g/mol. The second kappa shape index (κ2) is 5.64. The quantitative estimate of drug-likeness (QED) is 0.861. The highest BCUT2D eigenvalue weighted by Crippen LogP contribution is 2.38. The number of sulfonamides is 1. The minimum atomic E-state index is -3.21. The Kier molecular flexibility index (Phi) is 4.04. The van der Waals surface area contributed by atoms with Crippen molar-refractivity contribution in [2.75, 3.05) is 19.8 Å². The van der Waals surface area contributed by atoms with E-state index in [0.29, 0.717) is 37.6 Å². The molecule has 0 aliphatic carbocycles. The van der Waals surface area contributed by atoms with Crippen LogP contribution in [0.15, 0.2) is 24.3 Å². The molecule has 1 unspecified atom stereocenters. The van der Waals surface area contributed by atoms with Crippen molar-refractivity contribution in [3.63, 3.8) is 0 Å². The van der Waals surface area contributed by atoms with Gasteiger partial charge in [0.1, 0.15) is 0 Å². The molecule has 1 aromatic rings. The van der Waals surface area contributed by atoms with E-state index in [0.717, 1.165) is 12.0 Å². The number of hydrogen-bond acceptors (Lipinski definition) is 3. The third-order valence-corrected chi connectivity index (χ3v) is 6.80. The lowest BCUT2D eigenvalue weighted by Crippen LogP contribution is -2.50. The van der Waals surface area contributed by atoms with Crippen molar-refractivity contribution in [1.82, 2.24) is 4.31 Å². The van der Waals surface area contributed by atoms with Gasteiger partial charge >= 0.3 is 0 Å². The van der Waals surface area contributed by atoms with Gasteiger partial charge in [-0.3, -0.25) is 0 Å². The van der Waals surface area contributed by atoms with Gasteiger partial charge in [-0.1, -0.05) is 23.7 Å². The first-order valence-corrected chi connectivity index (χ1v) is 8.81. The number of halogens is 1. The highest BCUT2D eigenvalue weighted by molar-refractivity contribution is 7.89. The Hall–Kier alpha value is -0.620. The van der Waals surface area contributed by atoms with Crippen molar-refractivity contribution in [3.05, 3.63) is 34.9 Å². The Balaban J connectivity index is 1.78. The van der Waals surface area contributed by atoms with Gasteiger partial charge in [-0.2, -0.15) is 4.31 Å². The molecule has 0 aromatic heterocycles. The molecule has 4 nitrogen and oxygen atoms in total. The van der Waals surface area contributed by atoms with E-state index in [2.05, 4.69) is 0 Å². The predicted octanol–water partition coefficient (Wildman–Crippen LogP) is 2.60. The highest BCUT2D eigenvalue weighted by atomic mass is 35.5. The molecule has 2 heterocycles. The van der Waals surface area contributed by atoms with Crippen LogP contribution >= 0.6 is 11.6 Å². The van der Waals surface area contributed by atoms with Gasteiger partial charge in [0.05, 0.1) is 11.3 Å². The van der Waals surface area contributed by atoms with E-state index in [4.69, 9.17) is 16.3 Å². The summed E-state index contributed by atoms with van der Waals surface area (Å²) in [5.74, 6) is 0. The molecule has 6 heteroatoms. The Bertz CT molecular complexity index is 567. The molecule has 110 valence electrons. The fraction of sp³-hybridized carbons (Fsp3) is 0.571. The van der Waals surface area contributed by atoms with Gasteiger partial charge < -0.3 is 4.74 Å². The molecule has 0 saturated carbocycles. The van der Waals surface area contributed by atoms with E-state index in [1.54, 1.807) is 4.31 Å². The van der Waals surface area contributed by atoms with E-state index in [1.807, 2.05) is 24.3 Å². The summed E-state index contributed by atoms with van der Waals surface area (Å²) in [5.41, 5.74) is 1.02. The maximum atomic E-state index is 12.7. The molecule has 20 heavy (non-hydrogen) atoms. The average molecular weight is 316 g/mol. The largest absolute Gasteiger partial charge is 0.381 e. The number of nitrogens with zero attached hydrogens (tertiary/aromatic N) is 1. The molecular weight excluding hydrogens is 298 g/mol. The van der Waals surface area contributed by atoms with E-state index in [-0.39, 0.29) is 11.3 Å². The van der Waals surface area contributed by atoms with Crippen LogP contribution in [0.1, 0.15) is 30.9 Å². The van der Waals surface area contributed by atoms with Crippen LogP contribution in [0, 0.1) is 0 Å². The van der Waals surface area contributed by atoms with Crippen molar-refractivity contribution in [1.29, 1.82) is 0 Å². The van der Waals surface area contributed by atoms with Crippen molar-refractivity contribution in [3.8, 4) is 0 Å². The molecule has 0 radical (unpaired) electrons. The molecule has 2 aliphatic rings. The van der Waals surface area contributed by atoms with Gasteiger partial charge in [0.2, 0.25) is 10.0 Å². The van der Waals surface area contributed by atoms with Gasteiger partial charge in [0.15, 0.2) is 0 Å². The second-order valence-electron chi connectivity index (χ2n) is 5.32. The lowest BCUT2D eigenvalue weighted by molar-refractivity contribution is 0.0948. The van der Waals surface area contributed by atoms with Gasteiger partial charge in [-0.15, -0.1) is 0 Å². The summed E-state index contributed by atoms with van der Waals surface area (Å²) < 4.78 is 32.2. The fourth-order valence-electron chi connectivity index (χ4n) is 2.85. The van der Waals surface area contributed by atoms with Crippen molar-refractivity contribution < 1.29 is 13.2 Å². The molecule has 1 atom stereocenters. The summed E-state index contributed by atoms with van der Waals surface area (Å²) in [5, 5.41) is 0.387. The predicted molar refractivity (Wildman–Crippen MR) is 78.3 cm³/mol. The first-order chi connectivity index (χ1) is 9.59. The molecule has 0 amide bonds. The highest BCUT2D eigenvalue weighted by Gasteiger charge is 2.42. The van der Waals surface area contributed by atoms with Crippen molar-refractivity contribution in [2.45, 2.75) is 30.6 Å². The number of rotatable bonds is 3. The average Bonchev–Trinajstić information content (AvgIpc) is 2.40. The molecule has 0 spiro atoms. The van der Waals surface area contributed by atoms with Crippen LogP contribution < -0.4 is 0 Å². The van der Waals surface area contributed by atoms with E-state index in [1.165, 1.54) is 0 Å².